The first-order valence-electron chi connectivity index (χ1n) is 6.72. The van der Waals surface area contributed by atoms with Crippen LogP contribution in [0.4, 0.5) is 4.79 Å². The summed E-state index contributed by atoms with van der Waals surface area (Å²) in [4.78, 5) is 25.2. The zero-order valence-electron chi connectivity index (χ0n) is 11.7. The third-order valence-corrected chi connectivity index (χ3v) is 2.81. The summed E-state index contributed by atoms with van der Waals surface area (Å²) in [6.45, 7) is 7.40. The fourth-order valence-electron chi connectivity index (χ4n) is 2.00. The van der Waals surface area contributed by atoms with E-state index in [1.807, 2.05) is 20.8 Å². The molecule has 0 unspecified atom stereocenters. The van der Waals surface area contributed by atoms with Crippen molar-refractivity contribution in [3.63, 3.8) is 0 Å². The van der Waals surface area contributed by atoms with Gasteiger partial charge in [0.1, 0.15) is 0 Å². The van der Waals surface area contributed by atoms with Crippen molar-refractivity contribution in [3.05, 3.63) is 0 Å². The van der Waals surface area contributed by atoms with Crippen molar-refractivity contribution in [1.82, 2.24) is 15.5 Å². The zero-order valence-corrected chi connectivity index (χ0v) is 11.7. The molecule has 0 atom stereocenters. The van der Waals surface area contributed by atoms with Gasteiger partial charge in [-0.15, -0.1) is 0 Å². The normalized spacial score (nSPS) is 16.9. The highest BCUT2D eigenvalue weighted by Crippen LogP contribution is 2.09. The van der Waals surface area contributed by atoms with Crippen LogP contribution in [0.15, 0.2) is 0 Å². The Balaban J connectivity index is 2.29. The van der Waals surface area contributed by atoms with Gasteiger partial charge in [0.25, 0.3) is 0 Å². The average molecular weight is 255 g/mol. The monoisotopic (exact) mass is 255 g/mol. The molecule has 1 saturated heterocycles. The molecule has 18 heavy (non-hydrogen) atoms. The number of hydrogen-bond acceptors (Lipinski definition) is 2. The molecule has 104 valence electrons. The first-order chi connectivity index (χ1) is 8.38. The lowest BCUT2D eigenvalue weighted by Gasteiger charge is -2.23. The van der Waals surface area contributed by atoms with E-state index in [-0.39, 0.29) is 24.0 Å². The molecule has 3 amide bonds. The molecule has 1 aliphatic rings. The predicted octanol–water partition coefficient (Wildman–Crippen LogP) is 1.49. The second-order valence-electron chi connectivity index (χ2n) is 5.86. The summed E-state index contributed by atoms with van der Waals surface area (Å²) in [5.41, 5.74) is -0.260. The minimum absolute atomic E-state index is 0.0482. The molecule has 0 aliphatic carbocycles. The van der Waals surface area contributed by atoms with Crippen LogP contribution in [0.1, 0.15) is 46.5 Å². The van der Waals surface area contributed by atoms with Gasteiger partial charge >= 0.3 is 6.03 Å². The Kier molecular flexibility index (Phi) is 5.44. The zero-order chi connectivity index (χ0) is 13.6. The van der Waals surface area contributed by atoms with Crippen LogP contribution in [0.3, 0.4) is 0 Å². The molecule has 0 aromatic carbocycles. The van der Waals surface area contributed by atoms with Crippen molar-refractivity contribution in [1.29, 1.82) is 0 Å². The van der Waals surface area contributed by atoms with Gasteiger partial charge in [-0.1, -0.05) is 12.8 Å². The summed E-state index contributed by atoms with van der Waals surface area (Å²) in [6.07, 6.45) is 4.49. The molecule has 0 aromatic rings. The first kappa shape index (κ1) is 14.8. The number of rotatable bonds is 2. The van der Waals surface area contributed by atoms with Crippen molar-refractivity contribution >= 4 is 11.9 Å². The third kappa shape index (κ3) is 5.89. The topological polar surface area (TPSA) is 61.4 Å². The lowest BCUT2D eigenvalue weighted by atomic mass is 10.1. The van der Waals surface area contributed by atoms with E-state index < -0.39 is 0 Å². The highest BCUT2D eigenvalue weighted by atomic mass is 16.2. The van der Waals surface area contributed by atoms with Gasteiger partial charge in [-0.25, -0.2) is 4.79 Å². The van der Waals surface area contributed by atoms with E-state index in [9.17, 15) is 9.59 Å². The van der Waals surface area contributed by atoms with Crippen molar-refractivity contribution in [2.45, 2.75) is 52.0 Å². The molecule has 5 heteroatoms. The van der Waals surface area contributed by atoms with E-state index in [0.29, 0.717) is 0 Å². The predicted molar refractivity (Wildman–Crippen MR) is 71.3 cm³/mol. The summed E-state index contributed by atoms with van der Waals surface area (Å²) >= 11 is 0. The Bertz CT molecular complexity index is 289. The van der Waals surface area contributed by atoms with Crippen molar-refractivity contribution in [2.75, 3.05) is 19.6 Å². The standard InChI is InChI=1S/C13H25N3O2/c1-13(2,3)15-11(17)10-14-12(18)16-8-6-4-5-7-9-16/h4-10H2,1-3H3,(H,14,18)(H,15,17). The molecule has 1 heterocycles. The molecule has 1 aliphatic heterocycles. The van der Waals surface area contributed by atoms with Crippen LogP contribution in [0.5, 0.6) is 0 Å². The fraction of sp³-hybridized carbons (Fsp3) is 0.846. The Labute approximate surface area is 109 Å². The highest BCUT2D eigenvalue weighted by molar-refractivity contribution is 5.84. The number of amides is 3. The molecular weight excluding hydrogens is 230 g/mol. The maximum absolute atomic E-state index is 11.9. The SMILES string of the molecule is CC(C)(C)NC(=O)CNC(=O)N1CCCCCC1. The van der Waals surface area contributed by atoms with E-state index in [4.69, 9.17) is 0 Å². The largest absolute Gasteiger partial charge is 0.350 e. The minimum Gasteiger partial charge on any atom is -0.350 e. The fourth-order valence-corrected chi connectivity index (χ4v) is 2.00. The van der Waals surface area contributed by atoms with Crippen molar-refractivity contribution in [2.24, 2.45) is 0 Å². The van der Waals surface area contributed by atoms with Gasteiger partial charge in [-0.3, -0.25) is 4.79 Å². The van der Waals surface area contributed by atoms with Crippen LogP contribution >= 0.6 is 0 Å². The number of carbonyl (C=O) groups excluding carboxylic acids is 2. The summed E-state index contributed by atoms with van der Waals surface area (Å²) in [7, 11) is 0. The number of nitrogens with one attached hydrogen (secondary N) is 2. The van der Waals surface area contributed by atoms with Crippen LogP contribution < -0.4 is 10.6 Å². The average Bonchev–Trinajstić information content (AvgIpc) is 2.52. The molecule has 1 rings (SSSR count). The van der Waals surface area contributed by atoms with Crippen LogP contribution in [0.25, 0.3) is 0 Å². The lowest BCUT2D eigenvalue weighted by Crippen LogP contribution is -2.48. The molecule has 0 radical (unpaired) electrons. The lowest BCUT2D eigenvalue weighted by molar-refractivity contribution is -0.121. The Hall–Kier alpha value is -1.26. The highest BCUT2D eigenvalue weighted by Gasteiger charge is 2.17. The summed E-state index contributed by atoms with van der Waals surface area (Å²) < 4.78 is 0. The van der Waals surface area contributed by atoms with Crippen LogP contribution in [0, 0.1) is 0 Å². The van der Waals surface area contributed by atoms with Gasteiger partial charge in [0.2, 0.25) is 5.91 Å². The Morgan fingerprint density at radius 1 is 1.06 bits per heavy atom. The van der Waals surface area contributed by atoms with Crippen molar-refractivity contribution in [3.8, 4) is 0 Å². The molecule has 0 saturated carbocycles. The quantitative estimate of drug-likeness (QED) is 0.785. The number of hydrogen-bond donors (Lipinski definition) is 2. The van der Waals surface area contributed by atoms with E-state index in [1.54, 1.807) is 4.90 Å². The van der Waals surface area contributed by atoms with E-state index in [2.05, 4.69) is 10.6 Å². The maximum atomic E-state index is 11.9. The van der Waals surface area contributed by atoms with Crippen molar-refractivity contribution < 1.29 is 9.59 Å². The third-order valence-electron chi connectivity index (χ3n) is 2.81. The van der Waals surface area contributed by atoms with Gasteiger partial charge < -0.3 is 15.5 Å². The molecular formula is C13H25N3O2. The summed E-state index contributed by atoms with van der Waals surface area (Å²) in [6, 6.07) is -0.124. The molecule has 0 bridgehead atoms. The molecule has 2 N–H and O–H groups in total. The van der Waals surface area contributed by atoms with Crippen LogP contribution in [0.2, 0.25) is 0 Å². The second kappa shape index (κ2) is 6.61. The molecule has 5 nitrogen and oxygen atoms in total. The van der Waals surface area contributed by atoms with Crippen LogP contribution in [-0.2, 0) is 4.79 Å². The van der Waals surface area contributed by atoms with E-state index in [1.165, 1.54) is 12.8 Å². The smallest absolute Gasteiger partial charge is 0.317 e. The van der Waals surface area contributed by atoms with Gasteiger partial charge in [0, 0.05) is 18.6 Å². The summed E-state index contributed by atoms with van der Waals surface area (Å²) in [5.74, 6) is -0.148. The Morgan fingerprint density at radius 2 is 1.61 bits per heavy atom. The summed E-state index contributed by atoms with van der Waals surface area (Å²) in [5, 5.41) is 5.50. The van der Waals surface area contributed by atoms with Gasteiger partial charge in [-0.05, 0) is 33.6 Å². The first-order valence-corrected chi connectivity index (χ1v) is 6.72. The minimum atomic E-state index is -0.260. The molecule has 1 fully saturated rings. The Morgan fingerprint density at radius 3 is 2.11 bits per heavy atom. The number of nitrogens with zero attached hydrogens (tertiary/aromatic N) is 1. The number of urea groups is 1. The maximum Gasteiger partial charge on any atom is 0.317 e. The van der Waals surface area contributed by atoms with Gasteiger partial charge in [0.05, 0.1) is 6.54 Å². The molecule has 0 aromatic heterocycles. The van der Waals surface area contributed by atoms with Gasteiger partial charge in [-0.2, -0.15) is 0 Å². The van der Waals surface area contributed by atoms with Crippen LogP contribution in [-0.4, -0.2) is 42.0 Å². The molecule has 0 spiro atoms. The van der Waals surface area contributed by atoms with Gasteiger partial charge in [0.15, 0.2) is 0 Å². The van der Waals surface area contributed by atoms with E-state index in [0.717, 1.165) is 25.9 Å². The number of carbonyl (C=O) groups is 2. The number of likely N-dealkylation sites (tertiary alicyclic amines) is 1. The second-order valence-corrected chi connectivity index (χ2v) is 5.86. The van der Waals surface area contributed by atoms with E-state index >= 15 is 0 Å².